The summed E-state index contributed by atoms with van der Waals surface area (Å²) in [4.78, 5) is 45.8. The summed E-state index contributed by atoms with van der Waals surface area (Å²) in [5, 5.41) is 10.3. The molecule has 0 radical (unpaired) electrons. The van der Waals surface area contributed by atoms with Gasteiger partial charge in [-0.3, -0.25) is 14.2 Å². The van der Waals surface area contributed by atoms with Crippen LogP contribution in [0.3, 0.4) is 0 Å². The number of aryl methyl sites for hydroxylation is 1. The summed E-state index contributed by atoms with van der Waals surface area (Å²) in [6, 6.07) is 7.41. The lowest BCUT2D eigenvalue weighted by molar-refractivity contribution is -0.125. The lowest BCUT2D eigenvalue weighted by Gasteiger charge is -2.31. The molecule has 0 unspecified atom stereocenters. The number of primary amides is 1. The van der Waals surface area contributed by atoms with Crippen LogP contribution in [0, 0.1) is 6.92 Å². The third kappa shape index (κ3) is 5.22. The number of ether oxygens (including phenoxy) is 2. The van der Waals surface area contributed by atoms with E-state index < -0.39 is 28.8 Å². The number of thiophene rings is 1. The van der Waals surface area contributed by atoms with E-state index in [-0.39, 0.29) is 24.1 Å². The van der Waals surface area contributed by atoms with Crippen LogP contribution in [0.4, 0.5) is 0 Å². The summed E-state index contributed by atoms with van der Waals surface area (Å²) >= 11 is 1.22. The zero-order valence-corrected chi connectivity index (χ0v) is 24.3. The van der Waals surface area contributed by atoms with E-state index in [9.17, 15) is 19.5 Å². The fourth-order valence-corrected chi connectivity index (χ4v) is 6.62. The lowest BCUT2D eigenvalue weighted by Crippen LogP contribution is -2.54. The predicted molar refractivity (Wildman–Crippen MR) is 154 cm³/mol. The molecule has 1 amide bonds. The molecule has 12 heteroatoms. The minimum Gasteiger partial charge on any atom is -0.496 e. The van der Waals surface area contributed by atoms with E-state index in [1.807, 2.05) is 24.3 Å². The van der Waals surface area contributed by atoms with Crippen molar-refractivity contribution in [2.45, 2.75) is 76.9 Å². The topological polar surface area (TPSA) is 152 Å². The minimum atomic E-state index is -1.61. The molecule has 218 valence electrons. The number of benzene rings is 1. The summed E-state index contributed by atoms with van der Waals surface area (Å²) in [6.45, 7) is 4.69. The molecular formula is C29H34N4O7S. The molecule has 0 saturated heterocycles. The number of para-hydroxylation sites is 1. The highest BCUT2D eigenvalue weighted by Gasteiger charge is 2.35. The van der Waals surface area contributed by atoms with Crippen LogP contribution in [0.5, 0.6) is 5.75 Å². The summed E-state index contributed by atoms with van der Waals surface area (Å²) < 4.78 is 20.2. The van der Waals surface area contributed by atoms with Crippen molar-refractivity contribution in [3.8, 4) is 16.5 Å². The van der Waals surface area contributed by atoms with Crippen molar-refractivity contribution in [3.63, 3.8) is 0 Å². The highest BCUT2D eigenvalue weighted by atomic mass is 32.1. The molecule has 3 aromatic heterocycles. The van der Waals surface area contributed by atoms with E-state index in [1.165, 1.54) is 42.2 Å². The van der Waals surface area contributed by atoms with Crippen LogP contribution in [0.15, 0.2) is 50.7 Å². The standard InChI is InChI=1S/C29H34N4O7S/c1-16-22-25(35)33(29(2,3)27(30)36)28(37)32(26(22)41-23(16)24-31-13-14-39-24)15-21(19-7-5-6-8-20(19)38-4)40-18-11-9-17(34)10-12-18/h5-8,13-14,17-18,21,34H,9-12,15H2,1-4H3,(H2,30,36)/t17-,18-,21-/m0/s1. The highest BCUT2D eigenvalue weighted by molar-refractivity contribution is 7.22. The van der Waals surface area contributed by atoms with Gasteiger partial charge in [-0.25, -0.2) is 14.3 Å². The monoisotopic (exact) mass is 582 g/mol. The third-order valence-electron chi connectivity index (χ3n) is 7.84. The Bertz CT molecular complexity index is 1680. The molecular weight excluding hydrogens is 548 g/mol. The van der Waals surface area contributed by atoms with Gasteiger partial charge in [0.2, 0.25) is 11.8 Å². The molecule has 1 aliphatic rings. The molecule has 1 fully saturated rings. The summed E-state index contributed by atoms with van der Waals surface area (Å²) in [7, 11) is 1.57. The number of carbonyl (C=O) groups excluding carboxylic acids is 1. The third-order valence-corrected chi connectivity index (χ3v) is 9.14. The van der Waals surface area contributed by atoms with Crippen LogP contribution in [0.1, 0.15) is 56.8 Å². The SMILES string of the molecule is COc1ccccc1[C@H](Cn1c(=O)n(C(C)(C)C(N)=O)c(=O)c2c(C)c(-c3ncco3)sc21)O[C@H]1CC[C@H](O)CC1. The van der Waals surface area contributed by atoms with E-state index in [4.69, 9.17) is 19.6 Å². The van der Waals surface area contributed by atoms with Gasteiger partial charge in [0.25, 0.3) is 5.56 Å². The van der Waals surface area contributed by atoms with Crippen molar-refractivity contribution in [3.05, 3.63) is 68.7 Å². The first-order valence-electron chi connectivity index (χ1n) is 13.5. The van der Waals surface area contributed by atoms with Gasteiger partial charge < -0.3 is 24.7 Å². The Labute approximate surface area is 240 Å². The second-order valence-electron chi connectivity index (χ2n) is 10.8. The number of methoxy groups -OCH3 is 1. The van der Waals surface area contributed by atoms with Crippen molar-refractivity contribution >= 4 is 27.5 Å². The number of hydrogen-bond acceptors (Lipinski definition) is 9. The first-order valence-corrected chi connectivity index (χ1v) is 14.3. The minimum absolute atomic E-state index is 0.0227. The molecule has 1 aromatic carbocycles. The zero-order chi connectivity index (χ0) is 29.5. The van der Waals surface area contributed by atoms with Crippen LogP contribution in [-0.2, 0) is 21.6 Å². The number of rotatable bonds is 9. The average Bonchev–Trinajstić information content (AvgIpc) is 3.59. The van der Waals surface area contributed by atoms with Crippen LogP contribution in [0.25, 0.3) is 21.0 Å². The Morgan fingerprint density at radius 3 is 2.59 bits per heavy atom. The number of fused-ring (bicyclic) bond motifs is 1. The molecule has 0 aliphatic heterocycles. The Balaban J connectivity index is 1.74. The maximum atomic E-state index is 14.2. The number of aliphatic hydroxyl groups excluding tert-OH is 1. The van der Waals surface area contributed by atoms with Gasteiger partial charge in [0.05, 0.1) is 42.3 Å². The molecule has 0 bridgehead atoms. The number of aliphatic hydroxyl groups is 1. The van der Waals surface area contributed by atoms with Gasteiger partial charge in [0.15, 0.2) is 0 Å². The van der Waals surface area contributed by atoms with E-state index >= 15 is 0 Å². The molecule has 11 nitrogen and oxygen atoms in total. The first-order chi connectivity index (χ1) is 19.5. The largest absolute Gasteiger partial charge is 0.496 e. The number of oxazole rings is 1. The van der Waals surface area contributed by atoms with E-state index in [1.54, 1.807) is 14.0 Å². The van der Waals surface area contributed by atoms with Gasteiger partial charge in [-0.15, -0.1) is 11.3 Å². The average molecular weight is 583 g/mol. The zero-order valence-electron chi connectivity index (χ0n) is 23.5. The highest BCUT2D eigenvalue weighted by Crippen LogP contribution is 2.38. The number of hydrogen-bond donors (Lipinski definition) is 2. The Kier molecular flexibility index (Phi) is 7.91. The lowest BCUT2D eigenvalue weighted by atomic mass is 9.94. The second-order valence-corrected chi connectivity index (χ2v) is 11.8. The quantitative estimate of drug-likeness (QED) is 0.304. The van der Waals surface area contributed by atoms with Crippen molar-refractivity contribution in [1.82, 2.24) is 14.1 Å². The molecule has 5 rings (SSSR count). The van der Waals surface area contributed by atoms with Crippen molar-refractivity contribution < 1.29 is 23.8 Å². The molecule has 41 heavy (non-hydrogen) atoms. The molecule has 4 aromatic rings. The Morgan fingerprint density at radius 1 is 1.24 bits per heavy atom. The fourth-order valence-electron chi connectivity index (χ4n) is 5.38. The molecule has 1 saturated carbocycles. The van der Waals surface area contributed by atoms with Crippen LogP contribution >= 0.6 is 11.3 Å². The summed E-state index contributed by atoms with van der Waals surface area (Å²) in [6.07, 6.45) is 4.35. The number of aromatic nitrogens is 3. The summed E-state index contributed by atoms with van der Waals surface area (Å²) in [5.41, 5.74) is 4.09. The second kappa shape index (κ2) is 11.3. The molecule has 0 spiro atoms. The van der Waals surface area contributed by atoms with Gasteiger partial charge in [-0.05, 0) is 58.1 Å². The van der Waals surface area contributed by atoms with Gasteiger partial charge >= 0.3 is 5.69 Å². The van der Waals surface area contributed by atoms with E-state index in [0.29, 0.717) is 52.6 Å². The van der Waals surface area contributed by atoms with Gasteiger partial charge in [0.1, 0.15) is 28.5 Å². The van der Waals surface area contributed by atoms with Gasteiger partial charge in [-0.2, -0.15) is 0 Å². The normalized spacial score (nSPS) is 18.5. The molecule has 3 heterocycles. The van der Waals surface area contributed by atoms with Crippen molar-refractivity contribution in [2.75, 3.05) is 7.11 Å². The Morgan fingerprint density at radius 2 is 1.95 bits per heavy atom. The van der Waals surface area contributed by atoms with Crippen molar-refractivity contribution in [2.24, 2.45) is 5.73 Å². The summed E-state index contributed by atoms with van der Waals surface area (Å²) in [5.74, 6) is 0.0917. The predicted octanol–water partition coefficient (Wildman–Crippen LogP) is 3.48. The van der Waals surface area contributed by atoms with Gasteiger partial charge in [0, 0.05) is 5.56 Å². The van der Waals surface area contributed by atoms with Gasteiger partial charge in [-0.1, -0.05) is 18.2 Å². The van der Waals surface area contributed by atoms with Crippen LogP contribution < -0.4 is 21.7 Å². The maximum absolute atomic E-state index is 14.2. The molecule has 1 aliphatic carbocycles. The smallest absolute Gasteiger partial charge is 0.333 e. The number of nitrogens with zero attached hydrogens (tertiary/aromatic N) is 3. The van der Waals surface area contributed by atoms with E-state index in [0.717, 1.165) is 10.1 Å². The number of nitrogens with two attached hydrogens (primary N) is 1. The Hall–Kier alpha value is -3.74. The van der Waals surface area contributed by atoms with Crippen LogP contribution in [0.2, 0.25) is 0 Å². The van der Waals surface area contributed by atoms with Crippen molar-refractivity contribution in [1.29, 1.82) is 0 Å². The maximum Gasteiger partial charge on any atom is 0.333 e. The molecule has 1 atom stereocenters. The number of amides is 1. The molecule has 3 N–H and O–H groups in total. The van der Waals surface area contributed by atoms with E-state index in [2.05, 4.69) is 4.98 Å². The fraction of sp³-hybridized carbons (Fsp3) is 0.448. The first kappa shape index (κ1) is 28.8. The number of carbonyl (C=O) groups is 1. The van der Waals surface area contributed by atoms with Crippen LogP contribution in [-0.4, -0.2) is 44.4 Å².